The highest BCUT2D eigenvalue weighted by molar-refractivity contribution is 8.16. The van der Waals surface area contributed by atoms with Gasteiger partial charge in [-0.1, -0.05) is 42.1 Å². The Balaban J connectivity index is 1.37. The number of rotatable bonds is 6. The van der Waals surface area contributed by atoms with Crippen LogP contribution in [0.5, 0.6) is 5.75 Å². The van der Waals surface area contributed by atoms with Crippen LogP contribution in [-0.4, -0.2) is 33.0 Å². The fourth-order valence-corrected chi connectivity index (χ4v) is 4.77. The van der Waals surface area contributed by atoms with Crippen molar-refractivity contribution in [3.05, 3.63) is 82.5 Å². The summed E-state index contributed by atoms with van der Waals surface area (Å²) >= 11 is 1.35. The lowest BCUT2D eigenvalue weighted by molar-refractivity contribution is -0.114. The number of hydrogen-bond acceptors (Lipinski definition) is 4. The molecule has 0 aliphatic carbocycles. The Morgan fingerprint density at radius 2 is 2.00 bits per heavy atom. The van der Waals surface area contributed by atoms with Crippen LogP contribution in [0.3, 0.4) is 0 Å². The van der Waals surface area contributed by atoms with Crippen LogP contribution < -0.4 is 4.74 Å². The van der Waals surface area contributed by atoms with Crippen LogP contribution in [0.2, 0.25) is 0 Å². The average Bonchev–Trinajstić information content (AvgIpc) is 3.42. The van der Waals surface area contributed by atoms with Crippen LogP contribution in [-0.2, 0) is 11.3 Å². The number of amidine groups is 2. The lowest BCUT2D eigenvalue weighted by atomic mass is 10.1. The number of benzene rings is 2. The number of fused-ring (bicyclic) bond motifs is 2. The van der Waals surface area contributed by atoms with E-state index in [-0.39, 0.29) is 11.7 Å². The molecular formula is C26H24N4O2S. The number of hydrogen-bond donors (Lipinski definition) is 1. The number of nitrogens with zero attached hydrogens (tertiary/aromatic N) is 3. The second kappa shape index (κ2) is 8.75. The zero-order chi connectivity index (χ0) is 22.9. The van der Waals surface area contributed by atoms with Crippen LogP contribution in [0.1, 0.15) is 23.1 Å². The van der Waals surface area contributed by atoms with Gasteiger partial charge in [0.05, 0.1) is 12.2 Å². The Labute approximate surface area is 196 Å². The van der Waals surface area contributed by atoms with Gasteiger partial charge in [-0.05, 0) is 55.0 Å². The summed E-state index contributed by atoms with van der Waals surface area (Å²) in [5, 5.41) is 11.9. The van der Waals surface area contributed by atoms with Crippen LogP contribution in [0.4, 0.5) is 0 Å². The molecular weight excluding hydrogens is 432 g/mol. The Bertz CT molecular complexity index is 1370. The number of aliphatic imine (C=N–C) groups is 1. The minimum absolute atomic E-state index is 0.157. The van der Waals surface area contributed by atoms with Crippen molar-refractivity contribution in [2.24, 2.45) is 4.99 Å². The molecule has 0 fully saturated rings. The molecule has 0 saturated carbocycles. The first-order chi connectivity index (χ1) is 16.0. The van der Waals surface area contributed by atoms with E-state index in [2.05, 4.69) is 35.5 Å². The Kier molecular flexibility index (Phi) is 5.64. The lowest BCUT2D eigenvalue weighted by Crippen LogP contribution is -2.35. The smallest absolute Gasteiger partial charge is 0.283 e. The standard InChI is InChI=1S/C26H24N4O2S/c1-17-7-5-10-23(18(17)2)32-13-6-11-29-16-19(20-8-3-4-9-22(20)29)15-21-24(27)30-12-14-33-26(30)28-25(21)31/h3-5,7-10,12,14-16,27H,6,11,13H2,1-2H3/b21-15-,27-24?. The number of carbonyl (C=O) groups is 1. The minimum Gasteiger partial charge on any atom is -0.493 e. The van der Waals surface area contributed by atoms with Crippen molar-refractivity contribution < 1.29 is 9.53 Å². The summed E-state index contributed by atoms with van der Waals surface area (Å²) in [6, 6.07) is 14.2. The van der Waals surface area contributed by atoms with Gasteiger partial charge in [0.1, 0.15) is 11.6 Å². The van der Waals surface area contributed by atoms with Crippen molar-refractivity contribution in [1.29, 1.82) is 5.41 Å². The first-order valence-electron chi connectivity index (χ1n) is 10.9. The summed E-state index contributed by atoms with van der Waals surface area (Å²) in [6.07, 6.45) is 6.45. The van der Waals surface area contributed by atoms with Crippen LogP contribution in [0, 0.1) is 19.3 Å². The number of thioether (sulfide) groups is 1. The molecule has 1 amide bonds. The molecule has 3 aromatic rings. The van der Waals surface area contributed by atoms with Crippen molar-refractivity contribution in [3.8, 4) is 5.75 Å². The molecule has 2 aliphatic heterocycles. The van der Waals surface area contributed by atoms with E-state index in [9.17, 15) is 4.79 Å². The lowest BCUT2D eigenvalue weighted by Gasteiger charge is -2.22. The molecule has 1 aromatic heterocycles. The maximum absolute atomic E-state index is 12.6. The molecule has 0 bridgehead atoms. The number of aryl methyl sites for hydroxylation is 2. The van der Waals surface area contributed by atoms with Crippen molar-refractivity contribution >= 4 is 45.7 Å². The summed E-state index contributed by atoms with van der Waals surface area (Å²) in [4.78, 5) is 18.4. The molecule has 0 atom stereocenters. The molecule has 7 heteroatoms. The van der Waals surface area contributed by atoms with Gasteiger partial charge in [-0.2, -0.15) is 4.99 Å². The number of amides is 1. The van der Waals surface area contributed by atoms with Gasteiger partial charge in [-0.25, -0.2) is 0 Å². The second-order valence-electron chi connectivity index (χ2n) is 8.07. The molecule has 0 saturated heterocycles. The quantitative estimate of drug-likeness (QED) is 0.393. The van der Waals surface area contributed by atoms with E-state index in [0.717, 1.165) is 35.2 Å². The highest BCUT2D eigenvalue weighted by atomic mass is 32.2. The Hall–Kier alpha value is -3.58. The SMILES string of the molecule is Cc1cccc(OCCCn2cc(/C=C3/C(=N)N4C=CSC4=NC3=O)c3ccccc32)c1C. The predicted octanol–water partition coefficient (Wildman–Crippen LogP) is 5.50. The third kappa shape index (κ3) is 4.00. The predicted molar refractivity (Wildman–Crippen MR) is 135 cm³/mol. The largest absolute Gasteiger partial charge is 0.493 e. The molecule has 2 aliphatic rings. The van der Waals surface area contributed by atoms with E-state index in [1.807, 2.05) is 41.9 Å². The van der Waals surface area contributed by atoms with Gasteiger partial charge >= 0.3 is 0 Å². The molecule has 1 N–H and O–H groups in total. The fourth-order valence-electron chi connectivity index (χ4n) is 4.06. The van der Waals surface area contributed by atoms with Crippen molar-refractivity contribution in [2.45, 2.75) is 26.8 Å². The normalized spacial score (nSPS) is 16.6. The zero-order valence-corrected chi connectivity index (χ0v) is 19.4. The van der Waals surface area contributed by atoms with E-state index in [0.29, 0.717) is 17.3 Å². The first-order valence-corrected chi connectivity index (χ1v) is 11.7. The fraction of sp³-hybridized carbons (Fsp3) is 0.192. The summed E-state index contributed by atoms with van der Waals surface area (Å²) < 4.78 is 8.21. The highest BCUT2D eigenvalue weighted by Crippen LogP contribution is 2.30. The Morgan fingerprint density at radius 3 is 2.88 bits per heavy atom. The van der Waals surface area contributed by atoms with Crippen molar-refractivity contribution in [1.82, 2.24) is 9.47 Å². The number of para-hydroxylation sites is 1. The van der Waals surface area contributed by atoms with Gasteiger partial charge < -0.3 is 9.30 Å². The first kappa shape index (κ1) is 21.3. The molecule has 166 valence electrons. The van der Waals surface area contributed by atoms with E-state index >= 15 is 0 Å². The average molecular weight is 457 g/mol. The number of ether oxygens (including phenoxy) is 1. The second-order valence-corrected chi connectivity index (χ2v) is 8.95. The summed E-state index contributed by atoms with van der Waals surface area (Å²) in [5.74, 6) is 0.715. The van der Waals surface area contributed by atoms with E-state index < -0.39 is 0 Å². The van der Waals surface area contributed by atoms with Crippen molar-refractivity contribution in [2.75, 3.05) is 6.61 Å². The van der Waals surface area contributed by atoms with Gasteiger partial charge in [0, 0.05) is 35.4 Å². The molecule has 5 rings (SSSR count). The molecule has 0 unspecified atom stereocenters. The molecule has 33 heavy (non-hydrogen) atoms. The zero-order valence-electron chi connectivity index (χ0n) is 18.5. The van der Waals surface area contributed by atoms with Gasteiger partial charge in [0.2, 0.25) is 0 Å². The molecule has 0 spiro atoms. The van der Waals surface area contributed by atoms with Gasteiger partial charge in [0.15, 0.2) is 5.17 Å². The molecule has 2 aromatic carbocycles. The maximum Gasteiger partial charge on any atom is 0.283 e. The molecule has 6 nitrogen and oxygen atoms in total. The third-order valence-electron chi connectivity index (χ3n) is 5.99. The number of carbonyl (C=O) groups excluding carboxylic acids is 1. The van der Waals surface area contributed by atoms with Crippen molar-refractivity contribution in [3.63, 3.8) is 0 Å². The van der Waals surface area contributed by atoms with Crippen LogP contribution >= 0.6 is 11.8 Å². The maximum atomic E-state index is 12.6. The van der Waals surface area contributed by atoms with E-state index in [1.54, 1.807) is 17.2 Å². The Morgan fingerprint density at radius 1 is 1.15 bits per heavy atom. The number of aromatic nitrogens is 1. The highest BCUT2D eigenvalue weighted by Gasteiger charge is 2.31. The molecule has 0 radical (unpaired) electrons. The van der Waals surface area contributed by atoms with E-state index in [1.165, 1.54) is 22.9 Å². The van der Waals surface area contributed by atoms with Crippen LogP contribution in [0.25, 0.3) is 17.0 Å². The van der Waals surface area contributed by atoms with Gasteiger partial charge in [0.25, 0.3) is 5.91 Å². The number of nitrogens with one attached hydrogen (secondary N) is 1. The van der Waals surface area contributed by atoms with Crippen LogP contribution in [0.15, 0.2) is 70.8 Å². The van der Waals surface area contributed by atoms with E-state index in [4.69, 9.17) is 10.1 Å². The topological polar surface area (TPSA) is 70.7 Å². The summed E-state index contributed by atoms with van der Waals surface area (Å²) in [7, 11) is 0. The third-order valence-corrected chi connectivity index (χ3v) is 6.74. The monoisotopic (exact) mass is 456 g/mol. The summed E-state index contributed by atoms with van der Waals surface area (Å²) in [5.41, 5.74) is 4.70. The van der Waals surface area contributed by atoms with Gasteiger partial charge in [-0.15, -0.1) is 0 Å². The minimum atomic E-state index is -0.374. The summed E-state index contributed by atoms with van der Waals surface area (Å²) in [6.45, 7) is 5.57. The molecule has 3 heterocycles. The van der Waals surface area contributed by atoms with Gasteiger partial charge in [-0.3, -0.25) is 15.1 Å².